The molecule has 102 valence electrons. The minimum absolute atomic E-state index is 0.00162. The van der Waals surface area contributed by atoms with Crippen LogP contribution in [-0.2, 0) is 17.1 Å². The molecule has 8 heteroatoms. The Bertz CT molecular complexity index is 708. The number of hydrogen-bond donors (Lipinski definition) is 1. The van der Waals surface area contributed by atoms with E-state index in [0.717, 1.165) is 3.57 Å². The maximum absolute atomic E-state index is 12.2. The molecule has 0 fully saturated rings. The summed E-state index contributed by atoms with van der Waals surface area (Å²) in [7, 11) is -1.94. The van der Waals surface area contributed by atoms with Gasteiger partial charge in [0.25, 0.3) is 10.0 Å². The second-order valence-corrected chi connectivity index (χ2v) is 7.19. The zero-order valence-electron chi connectivity index (χ0n) is 10.2. The standard InChI is InChI=1S/C11H11ClIN3O2S/c1-7-14-11(6-16(7)2)19(17,18)15-10-4-3-8(12)5-9(10)13/h3-6,15H,1-2H3. The van der Waals surface area contributed by atoms with Gasteiger partial charge in [-0.1, -0.05) is 11.6 Å². The third kappa shape index (κ3) is 3.21. The van der Waals surface area contributed by atoms with Gasteiger partial charge in [-0.05, 0) is 47.7 Å². The fourth-order valence-corrected chi connectivity index (χ4v) is 3.74. The molecule has 5 nitrogen and oxygen atoms in total. The highest BCUT2D eigenvalue weighted by Crippen LogP contribution is 2.24. The predicted molar refractivity (Wildman–Crippen MR) is 82.9 cm³/mol. The third-order valence-corrected chi connectivity index (χ3v) is 4.90. The van der Waals surface area contributed by atoms with Crippen LogP contribution in [-0.4, -0.2) is 18.0 Å². The number of anilines is 1. The zero-order chi connectivity index (χ0) is 14.2. The first kappa shape index (κ1) is 14.6. The number of hydrogen-bond acceptors (Lipinski definition) is 3. The van der Waals surface area contributed by atoms with Crippen molar-refractivity contribution in [1.29, 1.82) is 0 Å². The fraction of sp³-hybridized carbons (Fsp3) is 0.182. The highest BCUT2D eigenvalue weighted by Gasteiger charge is 2.19. The average Bonchev–Trinajstić information content (AvgIpc) is 2.64. The smallest absolute Gasteiger partial charge is 0.280 e. The third-order valence-electron chi connectivity index (χ3n) is 2.54. The lowest BCUT2D eigenvalue weighted by atomic mass is 10.3. The molecule has 19 heavy (non-hydrogen) atoms. The molecule has 0 amide bonds. The van der Waals surface area contributed by atoms with E-state index in [1.54, 1.807) is 36.7 Å². The van der Waals surface area contributed by atoms with Gasteiger partial charge in [0.1, 0.15) is 5.82 Å². The van der Waals surface area contributed by atoms with Gasteiger partial charge in [0.15, 0.2) is 5.03 Å². The molecular formula is C11H11ClIN3O2S. The van der Waals surface area contributed by atoms with Crippen LogP contribution in [0.4, 0.5) is 5.69 Å². The summed E-state index contributed by atoms with van der Waals surface area (Å²) in [5, 5.41) is 0.555. The predicted octanol–water partition coefficient (Wildman–Crippen LogP) is 2.79. The number of nitrogens with one attached hydrogen (secondary N) is 1. The number of imidazole rings is 1. The maximum atomic E-state index is 12.2. The van der Waals surface area contributed by atoms with Gasteiger partial charge >= 0.3 is 0 Å². The Morgan fingerprint density at radius 1 is 1.42 bits per heavy atom. The van der Waals surface area contributed by atoms with Gasteiger partial charge in [-0.3, -0.25) is 4.72 Å². The van der Waals surface area contributed by atoms with Crippen molar-refractivity contribution in [3.05, 3.63) is 38.8 Å². The molecular weight excluding hydrogens is 401 g/mol. The Kier molecular flexibility index (Phi) is 4.07. The molecule has 0 radical (unpaired) electrons. The van der Waals surface area contributed by atoms with Gasteiger partial charge < -0.3 is 4.57 Å². The maximum Gasteiger partial charge on any atom is 0.280 e. The molecule has 0 bridgehead atoms. The first-order valence-corrected chi connectivity index (χ1v) is 8.21. The number of rotatable bonds is 3. The summed E-state index contributed by atoms with van der Waals surface area (Å²) in [5.74, 6) is 0.631. The number of benzene rings is 1. The molecule has 1 aromatic carbocycles. The van der Waals surface area contributed by atoms with Gasteiger partial charge in [-0.15, -0.1) is 0 Å². The lowest BCUT2D eigenvalue weighted by molar-refractivity contribution is 0.598. The van der Waals surface area contributed by atoms with Crippen LogP contribution in [0.25, 0.3) is 0 Å². The molecule has 0 aliphatic carbocycles. The molecule has 0 saturated heterocycles. The lowest BCUT2D eigenvalue weighted by Crippen LogP contribution is -2.14. The Morgan fingerprint density at radius 2 is 2.11 bits per heavy atom. The number of aryl methyl sites for hydroxylation is 2. The minimum Gasteiger partial charge on any atom is -0.337 e. The van der Waals surface area contributed by atoms with Crippen LogP contribution >= 0.6 is 34.2 Å². The van der Waals surface area contributed by atoms with Gasteiger partial charge in [-0.2, -0.15) is 8.42 Å². The van der Waals surface area contributed by atoms with E-state index in [0.29, 0.717) is 16.5 Å². The van der Waals surface area contributed by atoms with E-state index in [1.807, 2.05) is 22.6 Å². The number of sulfonamides is 1. The van der Waals surface area contributed by atoms with Crippen LogP contribution in [0.5, 0.6) is 0 Å². The summed E-state index contributed by atoms with van der Waals surface area (Å²) in [6.07, 6.45) is 1.47. The zero-order valence-corrected chi connectivity index (χ0v) is 13.9. The Balaban J connectivity index is 2.36. The lowest BCUT2D eigenvalue weighted by Gasteiger charge is -2.08. The summed E-state index contributed by atoms with van der Waals surface area (Å²) in [6, 6.07) is 4.94. The van der Waals surface area contributed by atoms with E-state index in [9.17, 15) is 8.42 Å². The molecule has 1 heterocycles. The summed E-state index contributed by atoms with van der Waals surface area (Å²) < 4.78 is 29.2. The van der Waals surface area contributed by atoms with Crippen LogP contribution in [0, 0.1) is 10.5 Å². The minimum atomic E-state index is -3.68. The van der Waals surface area contributed by atoms with Crippen molar-refractivity contribution in [2.45, 2.75) is 11.9 Å². The first-order chi connectivity index (χ1) is 8.79. The molecule has 2 aromatic rings. The Labute approximate surface area is 130 Å². The van der Waals surface area contributed by atoms with Crippen LogP contribution in [0.2, 0.25) is 5.02 Å². The molecule has 0 aliphatic heterocycles. The Hall–Kier alpha value is -0.800. The van der Waals surface area contributed by atoms with Crippen molar-refractivity contribution in [2.24, 2.45) is 7.05 Å². The second-order valence-electron chi connectivity index (χ2n) is 3.97. The highest BCUT2D eigenvalue weighted by atomic mass is 127. The summed E-state index contributed by atoms with van der Waals surface area (Å²) in [6.45, 7) is 1.74. The molecule has 0 atom stereocenters. The molecule has 0 aliphatic rings. The van der Waals surface area contributed by atoms with Crippen molar-refractivity contribution in [3.8, 4) is 0 Å². The molecule has 1 N–H and O–H groups in total. The van der Waals surface area contributed by atoms with Gasteiger partial charge in [0.2, 0.25) is 0 Å². The highest BCUT2D eigenvalue weighted by molar-refractivity contribution is 14.1. The van der Waals surface area contributed by atoms with E-state index in [1.165, 1.54) is 6.20 Å². The van der Waals surface area contributed by atoms with E-state index < -0.39 is 10.0 Å². The molecule has 2 rings (SSSR count). The van der Waals surface area contributed by atoms with Crippen molar-refractivity contribution in [1.82, 2.24) is 9.55 Å². The normalized spacial score (nSPS) is 11.6. The first-order valence-electron chi connectivity index (χ1n) is 5.27. The summed E-state index contributed by atoms with van der Waals surface area (Å²) in [4.78, 5) is 4.01. The molecule has 1 aromatic heterocycles. The van der Waals surface area contributed by atoms with Crippen molar-refractivity contribution >= 4 is 49.9 Å². The van der Waals surface area contributed by atoms with E-state index in [4.69, 9.17) is 11.6 Å². The number of nitrogens with zero attached hydrogens (tertiary/aromatic N) is 2. The summed E-state index contributed by atoms with van der Waals surface area (Å²) in [5.41, 5.74) is 0.480. The van der Waals surface area contributed by atoms with Gasteiger partial charge in [-0.25, -0.2) is 4.98 Å². The molecule has 0 unspecified atom stereocenters. The topological polar surface area (TPSA) is 64.0 Å². The quantitative estimate of drug-likeness (QED) is 0.790. The van der Waals surface area contributed by atoms with Crippen LogP contribution in [0.15, 0.2) is 29.4 Å². The van der Waals surface area contributed by atoms with Crippen molar-refractivity contribution in [2.75, 3.05) is 4.72 Å². The number of aromatic nitrogens is 2. The number of halogens is 2. The summed E-state index contributed by atoms with van der Waals surface area (Å²) >= 11 is 7.85. The van der Waals surface area contributed by atoms with Gasteiger partial charge in [0, 0.05) is 21.8 Å². The average molecular weight is 412 g/mol. The Morgan fingerprint density at radius 3 is 2.63 bits per heavy atom. The van der Waals surface area contributed by atoms with Crippen molar-refractivity contribution in [3.63, 3.8) is 0 Å². The van der Waals surface area contributed by atoms with Crippen molar-refractivity contribution < 1.29 is 8.42 Å². The second kappa shape index (κ2) is 5.29. The monoisotopic (exact) mass is 411 g/mol. The molecule has 0 saturated carbocycles. The van der Waals surface area contributed by atoms with Gasteiger partial charge in [0.05, 0.1) is 5.69 Å². The largest absolute Gasteiger partial charge is 0.337 e. The fourth-order valence-electron chi connectivity index (χ4n) is 1.43. The van der Waals surface area contributed by atoms with E-state index >= 15 is 0 Å². The van der Waals surface area contributed by atoms with E-state index in [-0.39, 0.29) is 5.03 Å². The SMILES string of the molecule is Cc1nc(S(=O)(=O)Nc2ccc(Cl)cc2I)cn1C. The van der Waals surface area contributed by atoms with Crippen LogP contribution in [0.3, 0.4) is 0 Å². The van der Waals surface area contributed by atoms with E-state index in [2.05, 4.69) is 9.71 Å². The molecule has 0 spiro atoms. The van der Waals surface area contributed by atoms with Crippen LogP contribution in [0.1, 0.15) is 5.82 Å². The van der Waals surface area contributed by atoms with Crippen LogP contribution < -0.4 is 4.72 Å².